The van der Waals surface area contributed by atoms with Crippen molar-refractivity contribution in [1.82, 2.24) is 4.57 Å². The fourth-order valence-electron chi connectivity index (χ4n) is 2.63. The van der Waals surface area contributed by atoms with Gasteiger partial charge in [-0.1, -0.05) is 17.3 Å². The number of benzene rings is 2. The van der Waals surface area contributed by atoms with Crippen LogP contribution in [-0.4, -0.2) is 17.3 Å². The summed E-state index contributed by atoms with van der Waals surface area (Å²) in [6.45, 7) is 0.468. The molecular weight excluding hydrogens is 350 g/mol. The van der Waals surface area contributed by atoms with Crippen molar-refractivity contribution in [2.45, 2.75) is 6.54 Å². The van der Waals surface area contributed by atoms with Crippen LogP contribution in [0.1, 0.15) is 15.9 Å². The molecule has 126 valence electrons. The quantitative estimate of drug-likeness (QED) is 0.658. The Bertz CT molecular complexity index is 1170. The van der Waals surface area contributed by atoms with Crippen LogP contribution in [0.2, 0.25) is 0 Å². The number of carbonyl (C=O) groups excluding carboxylic acids is 1. The van der Waals surface area contributed by atoms with E-state index in [9.17, 15) is 4.79 Å². The summed E-state index contributed by atoms with van der Waals surface area (Å²) in [4.78, 5) is 17.2. The van der Waals surface area contributed by atoms with Gasteiger partial charge in [-0.2, -0.15) is 10.3 Å². The van der Waals surface area contributed by atoms with Crippen molar-refractivity contribution in [2.24, 2.45) is 4.99 Å². The Labute approximate surface area is 152 Å². The lowest BCUT2D eigenvalue weighted by Crippen LogP contribution is -2.16. The molecule has 0 spiro atoms. The van der Waals surface area contributed by atoms with E-state index in [1.165, 1.54) is 11.3 Å². The molecule has 26 heavy (non-hydrogen) atoms. The molecule has 1 aliphatic heterocycles. The highest BCUT2D eigenvalue weighted by atomic mass is 32.1. The molecule has 4 rings (SSSR count). The first-order chi connectivity index (χ1) is 12.7. The van der Waals surface area contributed by atoms with Crippen LogP contribution in [-0.2, 0) is 6.54 Å². The van der Waals surface area contributed by atoms with Gasteiger partial charge in [0.2, 0.25) is 6.79 Å². The van der Waals surface area contributed by atoms with E-state index in [1.54, 1.807) is 28.8 Å². The number of nitrogens with zero attached hydrogens (tertiary/aromatic N) is 3. The summed E-state index contributed by atoms with van der Waals surface area (Å²) in [5, 5.41) is 8.85. The van der Waals surface area contributed by atoms with Crippen LogP contribution in [0.5, 0.6) is 11.5 Å². The van der Waals surface area contributed by atoms with E-state index in [0.29, 0.717) is 27.4 Å². The zero-order chi connectivity index (χ0) is 18.1. The van der Waals surface area contributed by atoms with Gasteiger partial charge in [-0.3, -0.25) is 4.79 Å². The summed E-state index contributed by atoms with van der Waals surface area (Å²) in [7, 11) is 0. The van der Waals surface area contributed by atoms with Crippen molar-refractivity contribution in [3.05, 3.63) is 52.3 Å². The molecule has 0 atom stereocenters. The molecule has 7 heteroatoms. The lowest BCUT2D eigenvalue weighted by molar-refractivity contribution is 0.0998. The van der Waals surface area contributed by atoms with Gasteiger partial charge in [0.1, 0.15) is 0 Å². The van der Waals surface area contributed by atoms with E-state index in [4.69, 9.17) is 21.2 Å². The van der Waals surface area contributed by atoms with E-state index in [2.05, 4.69) is 10.9 Å². The number of nitriles is 1. The standard InChI is InChI=1S/C19H11N3O3S/c1-2-7-22-14-8-15-16(25-11-24-15)9-17(14)26-19(22)21-18(23)13-5-3-12(10-20)4-6-13/h1,3-6,8-9H,7,11H2. The molecule has 2 aromatic carbocycles. The Morgan fingerprint density at radius 1 is 1.27 bits per heavy atom. The number of thiazole rings is 1. The Hall–Kier alpha value is -3.55. The average molecular weight is 361 g/mol. The molecule has 0 saturated carbocycles. The number of fused-ring (bicyclic) bond motifs is 2. The number of hydrogen-bond acceptors (Lipinski definition) is 5. The van der Waals surface area contributed by atoms with Crippen molar-refractivity contribution < 1.29 is 14.3 Å². The Morgan fingerprint density at radius 2 is 2.00 bits per heavy atom. The third-order valence-electron chi connectivity index (χ3n) is 3.88. The normalized spacial score (nSPS) is 12.8. The number of hydrogen-bond donors (Lipinski definition) is 0. The van der Waals surface area contributed by atoms with E-state index in [-0.39, 0.29) is 13.3 Å². The minimum atomic E-state index is -0.396. The largest absolute Gasteiger partial charge is 0.454 e. The minimum Gasteiger partial charge on any atom is -0.454 e. The maximum Gasteiger partial charge on any atom is 0.279 e. The van der Waals surface area contributed by atoms with Gasteiger partial charge in [0.25, 0.3) is 5.91 Å². The molecule has 6 nitrogen and oxygen atoms in total. The molecule has 0 radical (unpaired) electrons. The zero-order valence-electron chi connectivity index (χ0n) is 13.4. The third kappa shape index (κ3) is 2.71. The van der Waals surface area contributed by atoms with Crippen molar-refractivity contribution in [3.63, 3.8) is 0 Å². The van der Waals surface area contributed by atoms with Crippen LogP contribution in [0, 0.1) is 23.7 Å². The van der Waals surface area contributed by atoms with Gasteiger partial charge in [-0.15, -0.1) is 6.42 Å². The molecule has 1 aromatic heterocycles. The predicted octanol–water partition coefficient (Wildman–Crippen LogP) is 2.68. The first kappa shape index (κ1) is 15.9. The van der Waals surface area contributed by atoms with Gasteiger partial charge >= 0.3 is 0 Å². The first-order valence-corrected chi connectivity index (χ1v) is 8.47. The van der Waals surface area contributed by atoms with Crippen LogP contribution in [0.25, 0.3) is 10.2 Å². The van der Waals surface area contributed by atoms with Crippen LogP contribution in [0.15, 0.2) is 41.4 Å². The predicted molar refractivity (Wildman–Crippen MR) is 95.8 cm³/mol. The number of terminal acetylenes is 1. The number of ether oxygens (including phenoxy) is 2. The highest BCUT2D eigenvalue weighted by Gasteiger charge is 2.17. The highest BCUT2D eigenvalue weighted by Crippen LogP contribution is 2.36. The van der Waals surface area contributed by atoms with Crippen molar-refractivity contribution in [2.75, 3.05) is 6.79 Å². The summed E-state index contributed by atoms with van der Waals surface area (Å²) < 4.78 is 13.5. The molecule has 0 unspecified atom stereocenters. The Morgan fingerprint density at radius 3 is 2.69 bits per heavy atom. The maximum absolute atomic E-state index is 12.5. The van der Waals surface area contributed by atoms with Gasteiger partial charge in [0.05, 0.1) is 28.4 Å². The molecule has 1 aliphatic rings. The zero-order valence-corrected chi connectivity index (χ0v) is 14.2. The summed E-state index contributed by atoms with van der Waals surface area (Å²) in [5.74, 6) is 3.50. The van der Waals surface area contributed by atoms with Gasteiger partial charge in [-0.05, 0) is 24.3 Å². The lowest BCUT2D eigenvalue weighted by Gasteiger charge is -2.01. The molecule has 1 amide bonds. The topological polar surface area (TPSA) is 76.6 Å². The van der Waals surface area contributed by atoms with E-state index < -0.39 is 5.91 Å². The summed E-state index contributed by atoms with van der Waals surface area (Å²) in [6.07, 6.45) is 5.49. The highest BCUT2D eigenvalue weighted by molar-refractivity contribution is 7.16. The number of carbonyl (C=O) groups is 1. The second kappa shape index (κ2) is 6.40. The second-order valence-corrected chi connectivity index (χ2v) is 6.46. The SMILES string of the molecule is C#CCn1c(=NC(=O)c2ccc(C#N)cc2)sc2cc3c(cc21)OCO3. The van der Waals surface area contributed by atoms with Gasteiger partial charge in [0.15, 0.2) is 16.3 Å². The van der Waals surface area contributed by atoms with Gasteiger partial charge < -0.3 is 14.0 Å². The monoisotopic (exact) mass is 361 g/mol. The molecule has 3 aromatic rings. The van der Waals surface area contributed by atoms with Gasteiger partial charge in [-0.25, -0.2) is 0 Å². The second-order valence-electron chi connectivity index (χ2n) is 5.45. The molecule has 0 N–H and O–H groups in total. The van der Waals surface area contributed by atoms with Crippen molar-refractivity contribution in [3.8, 4) is 29.9 Å². The van der Waals surface area contributed by atoms with E-state index in [1.807, 2.05) is 18.2 Å². The molecule has 0 bridgehead atoms. The first-order valence-electron chi connectivity index (χ1n) is 7.65. The minimum absolute atomic E-state index is 0.191. The smallest absolute Gasteiger partial charge is 0.279 e. The van der Waals surface area contributed by atoms with Crippen molar-refractivity contribution in [1.29, 1.82) is 5.26 Å². The molecule has 0 saturated heterocycles. The van der Waals surface area contributed by atoms with Crippen LogP contribution >= 0.6 is 11.3 Å². The Kier molecular flexibility index (Phi) is 3.92. The summed E-state index contributed by atoms with van der Waals surface area (Å²) >= 11 is 1.35. The van der Waals surface area contributed by atoms with Crippen LogP contribution in [0.4, 0.5) is 0 Å². The number of amides is 1. The molecule has 0 fully saturated rings. The van der Waals surface area contributed by atoms with E-state index in [0.717, 1.165) is 10.2 Å². The maximum atomic E-state index is 12.5. The molecular formula is C19H11N3O3S. The lowest BCUT2D eigenvalue weighted by atomic mass is 10.1. The van der Waals surface area contributed by atoms with Crippen LogP contribution < -0.4 is 14.3 Å². The average Bonchev–Trinajstić information content (AvgIpc) is 3.24. The summed E-state index contributed by atoms with van der Waals surface area (Å²) in [5.41, 5.74) is 1.73. The van der Waals surface area contributed by atoms with Crippen molar-refractivity contribution >= 4 is 27.5 Å². The fourth-order valence-corrected chi connectivity index (χ4v) is 3.67. The Balaban J connectivity index is 1.83. The van der Waals surface area contributed by atoms with E-state index >= 15 is 0 Å². The number of aromatic nitrogens is 1. The van der Waals surface area contributed by atoms with Gasteiger partial charge in [0, 0.05) is 17.7 Å². The molecule has 0 aliphatic carbocycles. The summed E-state index contributed by atoms with van der Waals surface area (Å²) in [6, 6.07) is 12.1. The number of rotatable bonds is 2. The fraction of sp³-hybridized carbons (Fsp3) is 0.105. The van der Waals surface area contributed by atoms with Crippen LogP contribution in [0.3, 0.4) is 0 Å². The third-order valence-corrected chi connectivity index (χ3v) is 4.93. The molecule has 2 heterocycles.